The van der Waals surface area contributed by atoms with Crippen molar-refractivity contribution in [2.24, 2.45) is 0 Å². The van der Waals surface area contributed by atoms with Gasteiger partial charge in [-0.2, -0.15) is 6.07 Å². The zero-order valence-corrected chi connectivity index (χ0v) is 17.4. The molecule has 0 aromatic heterocycles. The molecule has 0 fully saturated rings. The molecule has 0 saturated carbocycles. The van der Waals surface area contributed by atoms with Gasteiger partial charge in [0.05, 0.1) is 0 Å². The van der Waals surface area contributed by atoms with Crippen LogP contribution in [-0.4, -0.2) is 23.8 Å². The van der Waals surface area contributed by atoms with E-state index in [0.29, 0.717) is 12.2 Å². The van der Waals surface area contributed by atoms with Crippen LogP contribution in [0.4, 0.5) is 11.4 Å². The third-order valence-corrected chi connectivity index (χ3v) is 2.59. The van der Waals surface area contributed by atoms with Gasteiger partial charge in [0.15, 0.2) is 5.69 Å². The van der Waals surface area contributed by atoms with Crippen molar-refractivity contribution in [2.75, 3.05) is 18.0 Å². The van der Waals surface area contributed by atoms with Gasteiger partial charge in [-0.3, -0.25) is 14.9 Å². The molecule has 7 heteroatoms. The molecule has 1 radical (unpaired) electrons. The zero-order valence-electron chi connectivity index (χ0n) is 11.6. The quantitative estimate of drug-likeness (QED) is 0.250. The predicted molar refractivity (Wildman–Crippen MR) is 69.8 cm³/mol. The number of nitrogens with zero attached hydrogens (tertiary/aromatic N) is 2. The van der Waals surface area contributed by atoms with Gasteiger partial charge >= 0.3 is 0 Å². The molecule has 0 aliphatic rings. The van der Waals surface area contributed by atoms with E-state index in [1.807, 2.05) is 11.8 Å². The number of carbonyl (C=O) groups is 1. The van der Waals surface area contributed by atoms with E-state index in [2.05, 4.69) is 13.0 Å². The Morgan fingerprint density at radius 1 is 1.55 bits per heavy atom. The molecule has 0 amide bonds. The molecule has 0 spiro atoms. The fourth-order valence-electron chi connectivity index (χ4n) is 1.71. The van der Waals surface area contributed by atoms with Gasteiger partial charge in [-0.05, 0) is 18.9 Å². The molecule has 0 aliphatic carbocycles. The summed E-state index contributed by atoms with van der Waals surface area (Å²) in [6.45, 7) is 8.45. The summed E-state index contributed by atoms with van der Waals surface area (Å²) in [7, 11) is 0. The van der Waals surface area contributed by atoms with Crippen LogP contribution in [0.1, 0.15) is 30.6 Å². The number of benzene rings is 1. The molecular formula is C13H16N2O3WY-2. The van der Waals surface area contributed by atoms with Crippen molar-refractivity contribution in [1.29, 1.82) is 0 Å². The van der Waals surface area contributed by atoms with Gasteiger partial charge in [0, 0.05) is 65.2 Å². The molecule has 5 nitrogen and oxygen atoms in total. The fraction of sp³-hybridized carbons (Fsp3) is 0.385. The molecule has 0 heterocycles. The SMILES string of the molecule is [CH2-]CN(CCC)c1[c-]cc([N+](=O)[O-])c(C(C)=O)c1.[W].[Y]. The average Bonchev–Trinajstić information content (AvgIpc) is 2.35. The van der Waals surface area contributed by atoms with Gasteiger partial charge in [0.25, 0.3) is 0 Å². The standard InChI is InChI=1S/C13H16N2O3.W.Y/c1-4-8-14(5-2)11-6-7-13(15(17)18)12(9-11)10(3)16;;/h7,9H,2,4-5,8H2,1,3H3;;/q-2;;. The Hall–Kier alpha value is -0.118. The number of carbonyl (C=O) groups excluding carboxylic acids is 1. The van der Waals surface area contributed by atoms with E-state index >= 15 is 0 Å². The van der Waals surface area contributed by atoms with Gasteiger partial charge < -0.3 is 11.8 Å². The Balaban J connectivity index is 0. The van der Waals surface area contributed by atoms with E-state index in [1.165, 1.54) is 19.1 Å². The Kier molecular flexibility index (Phi) is 11.7. The first-order chi connectivity index (χ1) is 8.51. The second-order valence-electron chi connectivity index (χ2n) is 3.92. The van der Waals surface area contributed by atoms with E-state index in [9.17, 15) is 14.9 Å². The first-order valence-corrected chi connectivity index (χ1v) is 5.76. The van der Waals surface area contributed by atoms with E-state index in [-0.39, 0.29) is 70.8 Å². The molecule has 0 aliphatic heterocycles. The van der Waals surface area contributed by atoms with E-state index < -0.39 is 4.92 Å². The number of nitro benzene ring substituents is 1. The van der Waals surface area contributed by atoms with Crippen LogP contribution < -0.4 is 4.90 Å². The van der Waals surface area contributed by atoms with Crippen LogP contribution in [0.25, 0.3) is 0 Å². The number of nitro groups is 1. The van der Waals surface area contributed by atoms with Crippen molar-refractivity contribution in [2.45, 2.75) is 20.3 Å². The van der Waals surface area contributed by atoms with Crippen molar-refractivity contribution >= 4 is 17.2 Å². The van der Waals surface area contributed by atoms with Crippen LogP contribution in [0.15, 0.2) is 12.1 Å². The van der Waals surface area contributed by atoms with Gasteiger partial charge in [-0.15, -0.1) is 12.6 Å². The molecule has 1 aromatic carbocycles. The molecule has 0 bridgehead atoms. The van der Waals surface area contributed by atoms with Crippen LogP contribution in [0, 0.1) is 23.1 Å². The normalized spacial score (nSPS) is 9.15. The van der Waals surface area contributed by atoms with Gasteiger partial charge in [-0.1, -0.05) is 18.7 Å². The number of anilines is 1. The average molecular weight is 521 g/mol. The largest absolute Gasteiger partial charge is 0.423 e. The van der Waals surface area contributed by atoms with Crippen molar-refractivity contribution in [3.63, 3.8) is 0 Å². The predicted octanol–water partition coefficient (Wildman–Crippen LogP) is 2.64. The summed E-state index contributed by atoms with van der Waals surface area (Å²) in [4.78, 5) is 23.6. The Morgan fingerprint density at radius 2 is 2.15 bits per heavy atom. The Labute approximate surface area is 158 Å². The van der Waals surface area contributed by atoms with E-state index in [1.54, 1.807) is 0 Å². The zero-order chi connectivity index (χ0) is 13.7. The van der Waals surface area contributed by atoms with Gasteiger partial charge in [0.1, 0.15) is 5.78 Å². The molecule has 1 aromatic rings. The maximum absolute atomic E-state index is 11.4. The second kappa shape index (κ2) is 10.6. The third-order valence-electron chi connectivity index (χ3n) is 2.59. The van der Waals surface area contributed by atoms with Crippen LogP contribution in [-0.2, 0) is 53.8 Å². The van der Waals surface area contributed by atoms with Gasteiger partial charge in [-0.25, -0.2) is 0 Å². The molecule has 107 valence electrons. The summed E-state index contributed by atoms with van der Waals surface area (Å²) in [6.07, 6.45) is 0.926. The minimum Gasteiger partial charge on any atom is -0.423 e. The Bertz CT molecular complexity index is 469. The van der Waals surface area contributed by atoms with Crippen molar-refractivity contribution < 1.29 is 63.5 Å². The monoisotopic (exact) mass is 521 g/mol. The van der Waals surface area contributed by atoms with Crippen molar-refractivity contribution in [3.05, 3.63) is 40.8 Å². The van der Waals surface area contributed by atoms with E-state index in [4.69, 9.17) is 0 Å². The minimum absolute atomic E-state index is 0. The molecule has 0 atom stereocenters. The van der Waals surface area contributed by atoms with Crippen molar-refractivity contribution in [1.82, 2.24) is 0 Å². The summed E-state index contributed by atoms with van der Waals surface area (Å²) >= 11 is 0. The summed E-state index contributed by atoms with van der Waals surface area (Å²) < 4.78 is 0. The van der Waals surface area contributed by atoms with Gasteiger partial charge in [0.2, 0.25) is 0 Å². The summed E-state index contributed by atoms with van der Waals surface area (Å²) in [6, 6.07) is 5.61. The summed E-state index contributed by atoms with van der Waals surface area (Å²) in [5, 5.41) is 10.8. The molecule has 0 N–H and O–H groups in total. The van der Waals surface area contributed by atoms with E-state index in [0.717, 1.165) is 13.0 Å². The molecule has 1 rings (SSSR count). The number of ketones is 1. The Morgan fingerprint density at radius 3 is 2.55 bits per heavy atom. The smallest absolute Gasteiger partial charge is 0.173 e. The van der Waals surface area contributed by atoms with Crippen LogP contribution in [0.5, 0.6) is 0 Å². The molecule has 0 saturated heterocycles. The number of hydrogen-bond donors (Lipinski definition) is 0. The third kappa shape index (κ3) is 5.71. The number of Topliss-reactive ketones (excluding diaryl/α,β-unsaturated/α-hetero) is 1. The maximum Gasteiger partial charge on any atom is 0.173 e. The van der Waals surface area contributed by atoms with Crippen LogP contribution in [0.3, 0.4) is 0 Å². The molecule has 20 heavy (non-hydrogen) atoms. The minimum atomic E-state index is -0.564. The first-order valence-electron chi connectivity index (χ1n) is 5.76. The van der Waals surface area contributed by atoms with Crippen LogP contribution >= 0.6 is 0 Å². The molecule has 0 unspecified atom stereocenters. The van der Waals surface area contributed by atoms with Crippen molar-refractivity contribution in [3.8, 4) is 0 Å². The number of hydrogen-bond acceptors (Lipinski definition) is 4. The fourth-order valence-corrected chi connectivity index (χ4v) is 1.71. The van der Waals surface area contributed by atoms with Crippen LogP contribution in [0.2, 0.25) is 0 Å². The first kappa shape index (κ1) is 22.2. The maximum atomic E-state index is 11.4. The molecular weight excluding hydrogens is 505 g/mol. The summed E-state index contributed by atoms with van der Waals surface area (Å²) in [5.74, 6) is -0.322. The second-order valence-corrected chi connectivity index (χ2v) is 3.92. The topological polar surface area (TPSA) is 63.4 Å². The summed E-state index contributed by atoms with van der Waals surface area (Å²) in [5.41, 5.74) is 0.581. The number of rotatable bonds is 6.